The standard InChI is InChI=1S/C17H21Cl2NO2/c18-14-3-1-4-15(19)13(14)8-10-22-17-6-2-5-16(17)20-9-7-12(21)11-20/h1,3-4,16-17H,2,5-11H2/t16?,17-/m0/s1. The fourth-order valence-corrected chi connectivity index (χ4v) is 4.12. The average Bonchev–Trinajstić information content (AvgIpc) is 3.10. The zero-order chi connectivity index (χ0) is 15.5. The molecule has 2 fully saturated rings. The van der Waals surface area contributed by atoms with Gasteiger partial charge in [0.05, 0.1) is 19.3 Å². The Kier molecular flexibility index (Phi) is 5.40. The second-order valence-corrected chi connectivity index (χ2v) is 6.93. The van der Waals surface area contributed by atoms with Gasteiger partial charge < -0.3 is 4.74 Å². The van der Waals surface area contributed by atoms with Gasteiger partial charge in [0.1, 0.15) is 5.78 Å². The molecule has 1 aromatic carbocycles. The fourth-order valence-electron chi connectivity index (χ4n) is 3.54. The minimum Gasteiger partial charge on any atom is -0.376 e. The highest BCUT2D eigenvalue weighted by Crippen LogP contribution is 2.30. The molecule has 1 aliphatic carbocycles. The van der Waals surface area contributed by atoms with Crippen LogP contribution in [0.3, 0.4) is 0 Å². The molecule has 1 aromatic rings. The Morgan fingerprint density at radius 2 is 2.00 bits per heavy atom. The summed E-state index contributed by atoms with van der Waals surface area (Å²) in [6.45, 7) is 2.10. The number of ketones is 1. The van der Waals surface area contributed by atoms with Crippen molar-refractivity contribution in [3.63, 3.8) is 0 Å². The van der Waals surface area contributed by atoms with Crippen molar-refractivity contribution in [2.24, 2.45) is 0 Å². The van der Waals surface area contributed by atoms with Crippen molar-refractivity contribution in [3.8, 4) is 0 Å². The van der Waals surface area contributed by atoms with Gasteiger partial charge in [0.2, 0.25) is 0 Å². The van der Waals surface area contributed by atoms with Crippen LogP contribution in [0.2, 0.25) is 10.0 Å². The molecule has 1 heterocycles. The van der Waals surface area contributed by atoms with Crippen LogP contribution in [0, 0.1) is 0 Å². The first-order valence-electron chi connectivity index (χ1n) is 7.95. The number of hydrogen-bond donors (Lipinski definition) is 0. The number of ether oxygens (including phenoxy) is 1. The Morgan fingerprint density at radius 1 is 1.23 bits per heavy atom. The van der Waals surface area contributed by atoms with Gasteiger partial charge in [-0.25, -0.2) is 0 Å². The molecule has 22 heavy (non-hydrogen) atoms. The van der Waals surface area contributed by atoms with Gasteiger partial charge in [-0.3, -0.25) is 9.69 Å². The van der Waals surface area contributed by atoms with E-state index < -0.39 is 0 Å². The summed E-state index contributed by atoms with van der Waals surface area (Å²) in [5, 5.41) is 1.40. The number of rotatable bonds is 5. The summed E-state index contributed by atoms with van der Waals surface area (Å²) >= 11 is 12.4. The number of nitrogens with zero attached hydrogens (tertiary/aromatic N) is 1. The largest absolute Gasteiger partial charge is 0.376 e. The Labute approximate surface area is 141 Å². The summed E-state index contributed by atoms with van der Waals surface area (Å²) in [6, 6.07) is 5.97. The number of carbonyl (C=O) groups excluding carboxylic acids is 1. The van der Waals surface area contributed by atoms with Gasteiger partial charge in [0, 0.05) is 29.1 Å². The maximum Gasteiger partial charge on any atom is 0.148 e. The lowest BCUT2D eigenvalue weighted by Crippen LogP contribution is -2.40. The Hall–Kier alpha value is -0.610. The summed E-state index contributed by atoms with van der Waals surface area (Å²) in [6.07, 6.45) is 5.02. The molecule has 1 aliphatic heterocycles. The zero-order valence-electron chi connectivity index (χ0n) is 12.6. The summed E-state index contributed by atoms with van der Waals surface area (Å²) in [5.41, 5.74) is 0.955. The normalized spacial score (nSPS) is 26.0. The molecule has 2 aliphatic rings. The molecule has 0 N–H and O–H groups in total. The molecule has 5 heteroatoms. The van der Waals surface area contributed by atoms with E-state index in [1.165, 1.54) is 6.42 Å². The molecule has 3 nitrogen and oxygen atoms in total. The molecule has 0 spiro atoms. The van der Waals surface area contributed by atoms with E-state index in [-0.39, 0.29) is 6.10 Å². The van der Waals surface area contributed by atoms with E-state index in [1.807, 2.05) is 18.2 Å². The van der Waals surface area contributed by atoms with E-state index in [0.717, 1.165) is 31.4 Å². The van der Waals surface area contributed by atoms with Crippen molar-refractivity contribution in [2.75, 3.05) is 19.7 Å². The van der Waals surface area contributed by atoms with Gasteiger partial charge in [0.15, 0.2) is 0 Å². The van der Waals surface area contributed by atoms with E-state index in [0.29, 0.717) is 41.4 Å². The maximum absolute atomic E-state index is 11.5. The average molecular weight is 342 g/mol. The van der Waals surface area contributed by atoms with Crippen molar-refractivity contribution < 1.29 is 9.53 Å². The van der Waals surface area contributed by atoms with E-state index in [2.05, 4.69) is 4.90 Å². The zero-order valence-corrected chi connectivity index (χ0v) is 14.1. The number of likely N-dealkylation sites (tertiary alicyclic amines) is 1. The number of Topliss-reactive ketones (excluding diaryl/α,β-unsaturated/α-hetero) is 1. The first-order chi connectivity index (χ1) is 10.6. The molecule has 0 amide bonds. The molecular formula is C17H21Cl2NO2. The minimum absolute atomic E-state index is 0.229. The smallest absolute Gasteiger partial charge is 0.148 e. The lowest BCUT2D eigenvalue weighted by molar-refractivity contribution is -0.117. The van der Waals surface area contributed by atoms with E-state index in [1.54, 1.807) is 0 Å². The highest BCUT2D eigenvalue weighted by Gasteiger charge is 2.36. The molecule has 120 valence electrons. The first-order valence-corrected chi connectivity index (χ1v) is 8.71. The highest BCUT2D eigenvalue weighted by molar-refractivity contribution is 6.35. The van der Waals surface area contributed by atoms with E-state index >= 15 is 0 Å². The Morgan fingerprint density at radius 3 is 2.68 bits per heavy atom. The van der Waals surface area contributed by atoms with Gasteiger partial charge in [-0.15, -0.1) is 0 Å². The number of carbonyl (C=O) groups is 1. The van der Waals surface area contributed by atoms with Crippen molar-refractivity contribution in [2.45, 2.75) is 44.2 Å². The van der Waals surface area contributed by atoms with Crippen molar-refractivity contribution in [1.82, 2.24) is 4.90 Å². The van der Waals surface area contributed by atoms with Gasteiger partial charge in [0.25, 0.3) is 0 Å². The molecule has 3 rings (SSSR count). The number of benzene rings is 1. The SMILES string of the molecule is O=C1CCN(C2CCC[C@@H]2OCCc2c(Cl)cccc2Cl)C1. The molecule has 0 bridgehead atoms. The third-order valence-electron chi connectivity index (χ3n) is 4.69. The lowest BCUT2D eigenvalue weighted by Gasteiger charge is -2.28. The van der Waals surface area contributed by atoms with Gasteiger partial charge >= 0.3 is 0 Å². The summed E-state index contributed by atoms with van der Waals surface area (Å²) < 4.78 is 6.11. The van der Waals surface area contributed by atoms with Crippen LogP contribution >= 0.6 is 23.2 Å². The van der Waals surface area contributed by atoms with Gasteiger partial charge in [-0.2, -0.15) is 0 Å². The molecule has 2 atom stereocenters. The fraction of sp³-hybridized carbons (Fsp3) is 0.588. The summed E-state index contributed by atoms with van der Waals surface area (Å²) in [7, 11) is 0. The van der Waals surface area contributed by atoms with Crippen LogP contribution in [0.5, 0.6) is 0 Å². The highest BCUT2D eigenvalue weighted by atomic mass is 35.5. The topological polar surface area (TPSA) is 29.5 Å². The van der Waals surface area contributed by atoms with E-state index in [4.69, 9.17) is 27.9 Å². The third-order valence-corrected chi connectivity index (χ3v) is 5.40. The molecule has 0 radical (unpaired) electrons. The van der Waals surface area contributed by atoms with Crippen LogP contribution in [0.25, 0.3) is 0 Å². The second-order valence-electron chi connectivity index (χ2n) is 6.12. The number of hydrogen-bond acceptors (Lipinski definition) is 3. The van der Waals surface area contributed by atoms with Crippen molar-refractivity contribution >= 4 is 29.0 Å². The molecule has 1 unspecified atom stereocenters. The van der Waals surface area contributed by atoms with Crippen LogP contribution in [0.15, 0.2) is 18.2 Å². The Balaban J connectivity index is 1.53. The quantitative estimate of drug-likeness (QED) is 0.816. The second kappa shape index (κ2) is 7.31. The predicted molar refractivity (Wildman–Crippen MR) is 88.7 cm³/mol. The lowest BCUT2D eigenvalue weighted by atomic mass is 10.1. The van der Waals surface area contributed by atoms with Crippen molar-refractivity contribution in [3.05, 3.63) is 33.8 Å². The van der Waals surface area contributed by atoms with Crippen LogP contribution in [0.1, 0.15) is 31.2 Å². The van der Waals surface area contributed by atoms with Crippen LogP contribution in [0.4, 0.5) is 0 Å². The third kappa shape index (κ3) is 3.65. The van der Waals surface area contributed by atoms with Gasteiger partial charge in [-0.1, -0.05) is 29.3 Å². The minimum atomic E-state index is 0.229. The number of halogens is 2. The van der Waals surface area contributed by atoms with Crippen LogP contribution < -0.4 is 0 Å². The van der Waals surface area contributed by atoms with Crippen LogP contribution in [-0.2, 0) is 16.0 Å². The molecule has 0 aromatic heterocycles. The maximum atomic E-state index is 11.5. The molecule has 1 saturated heterocycles. The van der Waals surface area contributed by atoms with E-state index in [9.17, 15) is 4.79 Å². The first kappa shape index (κ1) is 16.3. The van der Waals surface area contributed by atoms with Crippen LogP contribution in [-0.4, -0.2) is 42.5 Å². The van der Waals surface area contributed by atoms with Crippen molar-refractivity contribution in [1.29, 1.82) is 0 Å². The monoisotopic (exact) mass is 341 g/mol. The summed E-state index contributed by atoms with van der Waals surface area (Å²) in [4.78, 5) is 13.8. The summed E-state index contributed by atoms with van der Waals surface area (Å²) in [5.74, 6) is 0.355. The predicted octanol–water partition coefficient (Wildman–Crippen LogP) is 3.75. The molecule has 1 saturated carbocycles. The Bertz CT molecular complexity index is 529. The van der Waals surface area contributed by atoms with Gasteiger partial charge in [-0.05, 0) is 43.4 Å². The molecular weight excluding hydrogens is 321 g/mol.